The van der Waals surface area contributed by atoms with Crippen LogP contribution in [0.15, 0.2) is 30.3 Å². The highest BCUT2D eigenvalue weighted by molar-refractivity contribution is 5.78. The molecule has 0 unspecified atom stereocenters. The van der Waals surface area contributed by atoms with Crippen molar-refractivity contribution in [3.05, 3.63) is 35.9 Å². The molecule has 0 saturated carbocycles. The highest BCUT2D eigenvalue weighted by Gasteiger charge is 2.42. The highest BCUT2D eigenvalue weighted by Crippen LogP contribution is 2.39. The van der Waals surface area contributed by atoms with Crippen molar-refractivity contribution in [3.8, 4) is 0 Å². The first-order valence-corrected chi connectivity index (χ1v) is 8.32. The number of piperidine rings is 2. The molecule has 0 aromatic heterocycles. The Balaban J connectivity index is 1.71. The van der Waals surface area contributed by atoms with Crippen molar-refractivity contribution in [2.75, 3.05) is 26.2 Å². The van der Waals surface area contributed by atoms with Gasteiger partial charge in [-0.05, 0) is 24.8 Å². The maximum absolute atomic E-state index is 12.3. The van der Waals surface area contributed by atoms with E-state index < -0.39 is 6.61 Å². The summed E-state index contributed by atoms with van der Waals surface area (Å²) in [6, 6.07) is 10.0. The number of carbonyl (C=O) groups is 2. The zero-order valence-corrected chi connectivity index (χ0v) is 13.4. The summed E-state index contributed by atoms with van der Waals surface area (Å²) in [6.45, 7) is 2.28. The maximum atomic E-state index is 12.3. The molecule has 5 nitrogen and oxygen atoms in total. The number of aliphatic hydroxyl groups excluding tert-OH is 1. The van der Waals surface area contributed by atoms with Crippen LogP contribution in [0.2, 0.25) is 0 Å². The third kappa shape index (κ3) is 3.55. The molecule has 3 rings (SSSR count). The van der Waals surface area contributed by atoms with E-state index in [4.69, 9.17) is 5.11 Å². The van der Waals surface area contributed by atoms with Gasteiger partial charge in [-0.15, -0.1) is 0 Å². The summed E-state index contributed by atoms with van der Waals surface area (Å²) < 4.78 is 0. The van der Waals surface area contributed by atoms with Crippen LogP contribution in [0.3, 0.4) is 0 Å². The van der Waals surface area contributed by atoms with Crippen LogP contribution in [0.5, 0.6) is 0 Å². The molecule has 1 atom stereocenters. The molecule has 5 heteroatoms. The van der Waals surface area contributed by atoms with Crippen LogP contribution in [0.1, 0.15) is 31.2 Å². The van der Waals surface area contributed by atoms with Crippen molar-refractivity contribution >= 4 is 11.8 Å². The zero-order chi connectivity index (χ0) is 16.3. The van der Waals surface area contributed by atoms with E-state index in [1.165, 1.54) is 0 Å². The second-order valence-corrected chi connectivity index (χ2v) is 6.81. The van der Waals surface area contributed by atoms with Crippen LogP contribution < -0.4 is 0 Å². The lowest BCUT2D eigenvalue weighted by atomic mass is 9.73. The Morgan fingerprint density at radius 1 is 1.17 bits per heavy atom. The molecule has 1 N–H and O–H groups in total. The fourth-order valence-electron chi connectivity index (χ4n) is 3.90. The van der Waals surface area contributed by atoms with Gasteiger partial charge < -0.3 is 14.9 Å². The van der Waals surface area contributed by atoms with Crippen molar-refractivity contribution in [2.45, 2.75) is 32.2 Å². The standard InChI is InChI=1S/C18H24N2O3/c21-12-17(23)19-10-4-8-18(13-19)9-7-16(22)20(14-18)11-15-5-2-1-3-6-15/h1-3,5-6,21H,4,7-14H2/t18-/m1/s1. The van der Waals surface area contributed by atoms with Crippen LogP contribution in [0.4, 0.5) is 0 Å². The molecule has 2 saturated heterocycles. The van der Waals surface area contributed by atoms with E-state index in [2.05, 4.69) is 0 Å². The lowest BCUT2D eigenvalue weighted by molar-refractivity contribution is -0.144. The molecule has 124 valence electrons. The van der Waals surface area contributed by atoms with Crippen LogP contribution in [-0.4, -0.2) is 53.0 Å². The minimum Gasteiger partial charge on any atom is -0.387 e. The van der Waals surface area contributed by atoms with Crippen LogP contribution in [0, 0.1) is 5.41 Å². The first-order chi connectivity index (χ1) is 11.1. The normalized spacial score (nSPS) is 25.0. The van der Waals surface area contributed by atoms with Gasteiger partial charge in [0.2, 0.25) is 11.8 Å². The molecule has 2 aliphatic rings. The molecule has 2 heterocycles. The second-order valence-electron chi connectivity index (χ2n) is 6.81. The molecule has 1 aromatic rings. The number of amides is 2. The van der Waals surface area contributed by atoms with Gasteiger partial charge in [-0.2, -0.15) is 0 Å². The largest absolute Gasteiger partial charge is 0.387 e. The van der Waals surface area contributed by atoms with Gasteiger partial charge in [0.25, 0.3) is 0 Å². The van der Waals surface area contributed by atoms with E-state index in [-0.39, 0.29) is 17.2 Å². The average Bonchev–Trinajstić information content (AvgIpc) is 2.59. The van der Waals surface area contributed by atoms with Gasteiger partial charge in [0.15, 0.2) is 0 Å². The van der Waals surface area contributed by atoms with Gasteiger partial charge in [-0.25, -0.2) is 0 Å². The van der Waals surface area contributed by atoms with E-state index >= 15 is 0 Å². The number of hydrogen-bond donors (Lipinski definition) is 1. The fraction of sp³-hybridized carbons (Fsp3) is 0.556. The average molecular weight is 316 g/mol. The molecule has 1 spiro atoms. The Hall–Kier alpha value is -1.88. The Bertz CT molecular complexity index is 575. The molecular formula is C18H24N2O3. The van der Waals surface area contributed by atoms with Gasteiger partial charge in [0.1, 0.15) is 6.61 Å². The lowest BCUT2D eigenvalue weighted by Crippen LogP contribution is -2.55. The number of nitrogens with zero attached hydrogens (tertiary/aromatic N) is 2. The van der Waals surface area contributed by atoms with Gasteiger partial charge in [0.05, 0.1) is 0 Å². The minimum atomic E-state index is -0.428. The summed E-state index contributed by atoms with van der Waals surface area (Å²) in [5.41, 5.74) is 1.13. The smallest absolute Gasteiger partial charge is 0.248 e. The third-order valence-electron chi connectivity index (χ3n) is 5.11. The molecule has 2 fully saturated rings. The topological polar surface area (TPSA) is 60.9 Å². The number of hydrogen-bond acceptors (Lipinski definition) is 3. The zero-order valence-electron chi connectivity index (χ0n) is 13.4. The molecule has 0 bridgehead atoms. The summed E-state index contributed by atoms with van der Waals surface area (Å²) in [7, 11) is 0. The third-order valence-corrected chi connectivity index (χ3v) is 5.11. The quantitative estimate of drug-likeness (QED) is 0.917. The predicted octanol–water partition coefficient (Wildman–Crippen LogP) is 1.41. The van der Waals surface area contributed by atoms with Gasteiger partial charge >= 0.3 is 0 Å². The number of likely N-dealkylation sites (tertiary alicyclic amines) is 2. The van der Waals surface area contributed by atoms with Gasteiger partial charge in [0, 0.05) is 38.0 Å². The molecule has 0 aliphatic carbocycles. The van der Waals surface area contributed by atoms with E-state index in [9.17, 15) is 9.59 Å². The summed E-state index contributed by atoms with van der Waals surface area (Å²) in [5.74, 6) is 0.000621. The Kier molecular flexibility index (Phi) is 4.66. The highest BCUT2D eigenvalue weighted by atomic mass is 16.3. The molecule has 0 radical (unpaired) electrons. The number of carbonyl (C=O) groups excluding carboxylic acids is 2. The van der Waals surface area contributed by atoms with Gasteiger partial charge in [-0.3, -0.25) is 9.59 Å². The number of aliphatic hydroxyl groups is 1. The molecule has 1 aromatic carbocycles. The van der Waals surface area contributed by atoms with Crippen LogP contribution >= 0.6 is 0 Å². The fourth-order valence-corrected chi connectivity index (χ4v) is 3.90. The maximum Gasteiger partial charge on any atom is 0.248 e. The van der Waals surface area contributed by atoms with Crippen molar-refractivity contribution in [3.63, 3.8) is 0 Å². The molecule has 2 amide bonds. The van der Waals surface area contributed by atoms with Crippen molar-refractivity contribution in [1.29, 1.82) is 0 Å². The van der Waals surface area contributed by atoms with E-state index in [1.807, 2.05) is 35.2 Å². The number of benzene rings is 1. The first-order valence-electron chi connectivity index (χ1n) is 8.32. The Labute approximate surface area is 136 Å². The first kappa shape index (κ1) is 16.0. The Morgan fingerprint density at radius 2 is 1.96 bits per heavy atom. The lowest BCUT2D eigenvalue weighted by Gasteiger charge is -2.48. The van der Waals surface area contributed by atoms with E-state index in [0.717, 1.165) is 24.8 Å². The molecule has 23 heavy (non-hydrogen) atoms. The Morgan fingerprint density at radius 3 is 2.70 bits per heavy atom. The van der Waals surface area contributed by atoms with Gasteiger partial charge in [-0.1, -0.05) is 30.3 Å². The summed E-state index contributed by atoms with van der Waals surface area (Å²) >= 11 is 0. The van der Waals surface area contributed by atoms with Crippen LogP contribution in [-0.2, 0) is 16.1 Å². The summed E-state index contributed by atoms with van der Waals surface area (Å²) in [6.07, 6.45) is 3.38. The minimum absolute atomic E-state index is 0.00816. The van der Waals surface area contributed by atoms with Crippen molar-refractivity contribution in [2.24, 2.45) is 5.41 Å². The van der Waals surface area contributed by atoms with E-state index in [0.29, 0.717) is 32.6 Å². The van der Waals surface area contributed by atoms with Crippen LogP contribution in [0.25, 0.3) is 0 Å². The van der Waals surface area contributed by atoms with E-state index in [1.54, 1.807) is 4.90 Å². The summed E-state index contributed by atoms with van der Waals surface area (Å²) in [4.78, 5) is 27.8. The summed E-state index contributed by atoms with van der Waals surface area (Å²) in [5, 5.41) is 9.11. The van der Waals surface area contributed by atoms with Crippen molar-refractivity contribution in [1.82, 2.24) is 9.80 Å². The van der Waals surface area contributed by atoms with Crippen molar-refractivity contribution < 1.29 is 14.7 Å². The molecular weight excluding hydrogens is 292 g/mol. The second kappa shape index (κ2) is 6.71. The molecule has 2 aliphatic heterocycles. The predicted molar refractivity (Wildman–Crippen MR) is 86.4 cm³/mol. The number of rotatable bonds is 3. The monoisotopic (exact) mass is 316 g/mol. The SMILES string of the molecule is O=C(CO)N1CCC[C@@]2(CCC(=O)N(Cc3ccccc3)C2)C1.